The zero-order valence-corrected chi connectivity index (χ0v) is 32.5. The Morgan fingerprint density at radius 1 is 0.780 bits per heavy atom. The minimum atomic E-state index is -4.81. The number of nitrogens with zero attached hydrogens (tertiary/aromatic N) is 4. The summed E-state index contributed by atoms with van der Waals surface area (Å²) in [6, 6.07) is 24.9. The highest BCUT2D eigenvalue weighted by Gasteiger charge is 2.40. The average Bonchev–Trinajstić information content (AvgIpc) is 3.55. The van der Waals surface area contributed by atoms with Gasteiger partial charge in [0.1, 0.15) is 17.5 Å². The van der Waals surface area contributed by atoms with E-state index in [-0.39, 0.29) is 42.3 Å². The fourth-order valence-corrected chi connectivity index (χ4v) is 9.57. The van der Waals surface area contributed by atoms with Crippen molar-refractivity contribution in [2.75, 3.05) is 55.6 Å². The van der Waals surface area contributed by atoms with Crippen LogP contribution in [0, 0.1) is 5.92 Å². The number of piperazine rings is 1. The second-order valence-electron chi connectivity index (χ2n) is 16.3. The molecule has 308 valence electrons. The summed E-state index contributed by atoms with van der Waals surface area (Å²) >= 11 is 0. The van der Waals surface area contributed by atoms with Crippen LogP contribution in [-0.4, -0.2) is 90.8 Å². The first-order valence-corrected chi connectivity index (χ1v) is 20.3. The highest BCUT2D eigenvalue weighted by Crippen LogP contribution is 2.46. The highest BCUT2D eigenvalue weighted by molar-refractivity contribution is 6.05. The molecule has 11 nitrogen and oxygen atoms in total. The summed E-state index contributed by atoms with van der Waals surface area (Å²) in [5.74, 6) is -0.745. The number of halogens is 3. The molecule has 0 unspecified atom stereocenters. The number of hydrogen-bond acceptors (Lipinski definition) is 9. The molecule has 0 aliphatic carbocycles. The maximum absolute atomic E-state index is 13.2. The number of aromatic hydroxyl groups is 1. The number of carbonyl (C=O) groups is 3. The Hall–Kier alpha value is -5.60. The van der Waals surface area contributed by atoms with E-state index in [2.05, 4.69) is 55.1 Å². The molecule has 4 aromatic carbocycles. The van der Waals surface area contributed by atoms with Crippen molar-refractivity contribution in [3.8, 4) is 11.5 Å². The summed E-state index contributed by atoms with van der Waals surface area (Å²) < 4.78 is 49.7. The number of alkyl halides is 3. The molecule has 5 heterocycles. The molecule has 59 heavy (non-hydrogen) atoms. The topological polar surface area (TPSA) is 115 Å². The third-order valence-electron chi connectivity index (χ3n) is 12.6. The summed E-state index contributed by atoms with van der Waals surface area (Å²) in [6.45, 7) is 7.20. The van der Waals surface area contributed by atoms with Crippen LogP contribution in [0.15, 0.2) is 84.9 Å². The Balaban J connectivity index is 0.794. The molecule has 14 heteroatoms. The monoisotopic (exact) mass is 809 g/mol. The first kappa shape index (κ1) is 38.9. The molecule has 0 radical (unpaired) electrons. The van der Waals surface area contributed by atoms with E-state index in [4.69, 9.17) is 4.74 Å². The van der Waals surface area contributed by atoms with Crippen LogP contribution >= 0.6 is 0 Å². The number of carbonyl (C=O) groups excluding carboxylic acids is 3. The molecule has 5 aliphatic heterocycles. The molecule has 2 N–H and O–H groups in total. The van der Waals surface area contributed by atoms with Crippen LogP contribution < -0.4 is 19.9 Å². The molecule has 3 amide bonds. The van der Waals surface area contributed by atoms with Gasteiger partial charge >= 0.3 is 6.36 Å². The SMILES string of the molecule is O=C1CC[C@H](N2Cc3cc(N4CCN(CC5CCN(c6ccc([C@@H]7c8ccc(O)cc8CO[C@@H]7c7cccc(OC(F)(F)F)c7)cc6)CC5)CC4)ccc3C2=O)C(=O)N1. The molecule has 0 spiro atoms. The molecule has 5 aliphatic rings. The third kappa shape index (κ3) is 8.20. The summed E-state index contributed by atoms with van der Waals surface area (Å²) in [6.07, 6.45) is -2.63. The predicted octanol–water partition coefficient (Wildman–Crippen LogP) is 6.49. The number of piperidine rings is 2. The Morgan fingerprint density at radius 3 is 2.27 bits per heavy atom. The number of anilines is 2. The van der Waals surface area contributed by atoms with E-state index < -0.39 is 24.4 Å². The molecule has 3 fully saturated rings. The number of fused-ring (bicyclic) bond motifs is 2. The van der Waals surface area contributed by atoms with E-state index in [0.717, 1.165) is 92.3 Å². The molecule has 3 atom stereocenters. The van der Waals surface area contributed by atoms with Crippen LogP contribution in [0.25, 0.3) is 0 Å². The second-order valence-corrected chi connectivity index (χ2v) is 16.3. The molecule has 0 aromatic heterocycles. The van der Waals surface area contributed by atoms with Gasteiger partial charge in [0, 0.05) is 81.6 Å². The van der Waals surface area contributed by atoms with Crippen molar-refractivity contribution in [1.82, 2.24) is 15.1 Å². The van der Waals surface area contributed by atoms with Gasteiger partial charge in [-0.25, -0.2) is 0 Å². The van der Waals surface area contributed by atoms with Crippen LogP contribution in [-0.2, 0) is 27.5 Å². The van der Waals surface area contributed by atoms with Gasteiger partial charge in [-0.2, -0.15) is 0 Å². The molecule has 4 aromatic rings. The quantitative estimate of drug-likeness (QED) is 0.193. The lowest BCUT2D eigenvalue weighted by atomic mass is 9.79. The van der Waals surface area contributed by atoms with Gasteiger partial charge in [-0.1, -0.05) is 30.3 Å². The van der Waals surface area contributed by atoms with Gasteiger partial charge in [-0.05, 0) is 108 Å². The normalized spacial score (nSPS) is 22.9. The largest absolute Gasteiger partial charge is 0.573 e. The van der Waals surface area contributed by atoms with E-state index >= 15 is 0 Å². The van der Waals surface area contributed by atoms with Gasteiger partial charge < -0.3 is 29.3 Å². The number of phenols is 1. The predicted molar refractivity (Wildman–Crippen MR) is 213 cm³/mol. The van der Waals surface area contributed by atoms with Crippen LogP contribution in [0.5, 0.6) is 11.5 Å². The first-order valence-electron chi connectivity index (χ1n) is 20.3. The third-order valence-corrected chi connectivity index (χ3v) is 12.6. The summed E-state index contributed by atoms with van der Waals surface area (Å²) in [4.78, 5) is 46.2. The van der Waals surface area contributed by atoms with Crippen molar-refractivity contribution in [3.63, 3.8) is 0 Å². The maximum Gasteiger partial charge on any atom is 0.573 e. The average molecular weight is 810 g/mol. The van der Waals surface area contributed by atoms with Crippen molar-refractivity contribution >= 4 is 29.1 Å². The van der Waals surface area contributed by atoms with E-state index in [0.29, 0.717) is 30.0 Å². The lowest BCUT2D eigenvalue weighted by Gasteiger charge is -2.40. The molecule has 9 rings (SSSR count). The number of ether oxygens (including phenoxy) is 2. The fourth-order valence-electron chi connectivity index (χ4n) is 9.57. The number of hydrogen-bond donors (Lipinski definition) is 2. The minimum Gasteiger partial charge on any atom is -0.508 e. The highest BCUT2D eigenvalue weighted by atomic mass is 19.4. The van der Waals surface area contributed by atoms with Crippen molar-refractivity contribution in [2.24, 2.45) is 5.92 Å². The zero-order valence-electron chi connectivity index (χ0n) is 32.5. The van der Waals surface area contributed by atoms with Crippen molar-refractivity contribution in [3.05, 3.63) is 118 Å². The Kier molecular flexibility index (Phi) is 10.5. The van der Waals surface area contributed by atoms with Gasteiger partial charge in [0.05, 0.1) is 12.7 Å². The number of amides is 3. The summed E-state index contributed by atoms with van der Waals surface area (Å²) in [5.41, 5.74) is 7.08. The first-order chi connectivity index (χ1) is 28.5. The van der Waals surface area contributed by atoms with E-state index in [1.54, 1.807) is 23.1 Å². The Morgan fingerprint density at radius 2 is 1.53 bits per heavy atom. The lowest BCUT2D eigenvalue weighted by Crippen LogP contribution is -2.52. The smallest absolute Gasteiger partial charge is 0.508 e. The van der Waals surface area contributed by atoms with Gasteiger partial charge in [0.25, 0.3) is 5.91 Å². The molecule has 3 saturated heterocycles. The van der Waals surface area contributed by atoms with Gasteiger partial charge in [-0.3, -0.25) is 24.6 Å². The van der Waals surface area contributed by atoms with Crippen molar-refractivity contribution in [1.29, 1.82) is 0 Å². The van der Waals surface area contributed by atoms with Crippen LogP contribution in [0.4, 0.5) is 24.5 Å². The molecular formula is C45H46F3N5O6. The molecular weight excluding hydrogens is 764 g/mol. The Labute approximate surface area is 340 Å². The van der Waals surface area contributed by atoms with Gasteiger partial charge in [0.15, 0.2) is 0 Å². The molecule has 0 bridgehead atoms. The zero-order chi connectivity index (χ0) is 40.8. The van der Waals surface area contributed by atoms with Gasteiger partial charge in [0.2, 0.25) is 11.8 Å². The number of imide groups is 1. The van der Waals surface area contributed by atoms with E-state index in [1.165, 1.54) is 18.2 Å². The van der Waals surface area contributed by atoms with Crippen LogP contribution in [0.1, 0.15) is 75.9 Å². The minimum absolute atomic E-state index is 0.128. The number of phenolic OH excluding ortho intramolecular Hbond substituents is 1. The van der Waals surface area contributed by atoms with Crippen LogP contribution in [0.2, 0.25) is 0 Å². The van der Waals surface area contributed by atoms with E-state index in [1.807, 2.05) is 18.2 Å². The number of nitrogens with one attached hydrogen (secondary N) is 1. The standard InChI is InChI=1S/C45H46F3N5O6/c46-45(47,48)59-36-3-1-2-30(24-36)42-41(37-11-9-35(54)23-32(37)27-58-42)29-4-6-33(7-5-29)51-16-14-28(15-17-51)25-50-18-20-52(21-19-50)34-8-10-38-31(22-34)26-53(44(38)57)39-12-13-40(55)49-43(39)56/h1-11,22-24,28,39,41-42,54H,12-21,25-27H2,(H,49,55,56)/t39-,41+,42+/m0/s1. The molecule has 0 saturated carbocycles. The van der Waals surface area contributed by atoms with Crippen LogP contribution in [0.3, 0.4) is 0 Å². The Bertz CT molecular complexity index is 2240. The van der Waals surface area contributed by atoms with Gasteiger partial charge in [-0.15, -0.1) is 13.2 Å². The van der Waals surface area contributed by atoms with Crippen molar-refractivity contribution < 1.29 is 42.1 Å². The summed E-state index contributed by atoms with van der Waals surface area (Å²) in [7, 11) is 0. The van der Waals surface area contributed by atoms with E-state index in [9.17, 15) is 32.7 Å². The maximum atomic E-state index is 13.2. The lowest BCUT2D eigenvalue weighted by molar-refractivity contribution is -0.274. The number of rotatable bonds is 8. The fraction of sp³-hybridized carbons (Fsp3) is 0.400. The van der Waals surface area contributed by atoms with Crippen molar-refractivity contribution in [2.45, 2.75) is 63.3 Å². The number of benzene rings is 4. The summed E-state index contributed by atoms with van der Waals surface area (Å²) in [5, 5.41) is 12.6. The second kappa shape index (κ2) is 15.9.